The first-order valence-corrected chi connectivity index (χ1v) is 3.95. The molecule has 0 amide bonds. The van der Waals surface area contributed by atoms with E-state index in [1.165, 1.54) is 12.8 Å². The number of nitrogens with one attached hydrogen (secondary N) is 1. The van der Waals surface area contributed by atoms with E-state index in [2.05, 4.69) is 22.3 Å². The lowest BCUT2D eigenvalue weighted by molar-refractivity contribution is 0.642. The summed E-state index contributed by atoms with van der Waals surface area (Å²) in [5.41, 5.74) is 6.54. The molecule has 0 radical (unpaired) electrons. The van der Waals surface area contributed by atoms with Crippen LogP contribution in [0, 0.1) is 5.92 Å². The molecule has 1 saturated carbocycles. The number of hydrogen-bond donors (Lipinski definition) is 2. The van der Waals surface area contributed by atoms with E-state index >= 15 is 0 Å². The van der Waals surface area contributed by atoms with E-state index in [1.54, 1.807) is 0 Å². The summed E-state index contributed by atoms with van der Waals surface area (Å²) in [6.45, 7) is 2.16. The number of H-pyrrole nitrogens is 1. The quantitative estimate of drug-likeness (QED) is 0.661. The van der Waals surface area contributed by atoms with Crippen molar-refractivity contribution in [2.24, 2.45) is 5.92 Å². The predicted octanol–water partition coefficient (Wildman–Crippen LogP) is 0.900. The van der Waals surface area contributed by atoms with E-state index in [0.29, 0.717) is 11.7 Å². The number of nitrogens with zero attached hydrogens (tertiary/aromatic N) is 2. The Kier molecular flexibility index (Phi) is 1.34. The Morgan fingerprint density at radius 3 is 2.73 bits per heavy atom. The van der Waals surface area contributed by atoms with Crippen LogP contribution >= 0.6 is 0 Å². The van der Waals surface area contributed by atoms with Gasteiger partial charge in [-0.2, -0.15) is 10.3 Å². The fourth-order valence-electron chi connectivity index (χ4n) is 1.40. The molecule has 1 fully saturated rings. The van der Waals surface area contributed by atoms with Crippen LogP contribution in [0.4, 0.5) is 5.82 Å². The maximum atomic E-state index is 5.60. The molecule has 1 aromatic rings. The van der Waals surface area contributed by atoms with Crippen LogP contribution in [0.5, 0.6) is 0 Å². The van der Waals surface area contributed by atoms with Crippen molar-refractivity contribution >= 4 is 5.82 Å². The molecule has 1 heterocycles. The smallest absolute Gasteiger partial charge is 0.169 e. The minimum Gasteiger partial charge on any atom is -0.381 e. The molecule has 2 rings (SSSR count). The van der Waals surface area contributed by atoms with Crippen LogP contribution < -0.4 is 5.73 Å². The normalized spacial score (nSPS) is 20.1. The first kappa shape index (κ1) is 6.64. The molecule has 11 heavy (non-hydrogen) atoms. The fourth-order valence-corrected chi connectivity index (χ4v) is 1.40. The number of aromatic amines is 1. The third-order valence-corrected chi connectivity index (χ3v) is 2.36. The first-order valence-electron chi connectivity index (χ1n) is 3.95. The Morgan fingerprint density at radius 1 is 1.55 bits per heavy atom. The largest absolute Gasteiger partial charge is 0.381 e. The van der Waals surface area contributed by atoms with Crippen molar-refractivity contribution in [2.45, 2.75) is 25.7 Å². The Balaban J connectivity index is 2.20. The summed E-state index contributed by atoms with van der Waals surface area (Å²) in [6.07, 6.45) is 2.63. The summed E-state index contributed by atoms with van der Waals surface area (Å²) in [5.74, 6) is 1.83. The minimum absolute atomic E-state index is 0.480. The molecule has 3 N–H and O–H groups in total. The average molecular weight is 152 g/mol. The highest BCUT2D eigenvalue weighted by atomic mass is 15.3. The van der Waals surface area contributed by atoms with Crippen LogP contribution in [0.3, 0.4) is 0 Å². The Morgan fingerprint density at radius 2 is 2.27 bits per heavy atom. The number of anilines is 1. The molecule has 0 saturated heterocycles. The van der Waals surface area contributed by atoms with Crippen molar-refractivity contribution < 1.29 is 0 Å². The number of hydrogen-bond acceptors (Lipinski definition) is 3. The van der Waals surface area contributed by atoms with Crippen molar-refractivity contribution in [2.75, 3.05) is 5.73 Å². The lowest BCUT2D eigenvalue weighted by atomic mass is 10.0. The van der Waals surface area contributed by atoms with Gasteiger partial charge in [0.25, 0.3) is 0 Å². The topological polar surface area (TPSA) is 67.6 Å². The van der Waals surface area contributed by atoms with Crippen molar-refractivity contribution in [3.63, 3.8) is 0 Å². The van der Waals surface area contributed by atoms with Crippen LogP contribution in [-0.2, 0) is 0 Å². The van der Waals surface area contributed by atoms with Crippen LogP contribution in [0.25, 0.3) is 0 Å². The second kappa shape index (κ2) is 2.22. The van der Waals surface area contributed by atoms with Crippen LogP contribution in [0.1, 0.15) is 31.4 Å². The highest BCUT2D eigenvalue weighted by Gasteiger charge is 2.31. The number of nitrogen functional groups attached to an aromatic ring is 1. The lowest BCUT2D eigenvalue weighted by Gasteiger charge is -2.04. The number of rotatable bonds is 2. The van der Waals surface area contributed by atoms with Gasteiger partial charge in [0.1, 0.15) is 5.69 Å². The zero-order valence-corrected chi connectivity index (χ0v) is 6.54. The van der Waals surface area contributed by atoms with Gasteiger partial charge in [0.2, 0.25) is 0 Å². The highest BCUT2D eigenvalue weighted by Crippen LogP contribution is 2.42. The Labute approximate surface area is 65.2 Å². The second-order valence-corrected chi connectivity index (χ2v) is 3.22. The van der Waals surface area contributed by atoms with Gasteiger partial charge in [0.15, 0.2) is 5.82 Å². The van der Waals surface area contributed by atoms with Gasteiger partial charge < -0.3 is 5.73 Å². The molecule has 0 aliphatic heterocycles. The molecular weight excluding hydrogens is 140 g/mol. The van der Waals surface area contributed by atoms with Crippen molar-refractivity contribution in [3.05, 3.63) is 5.69 Å². The Hall–Kier alpha value is -1.06. The molecule has 1 aromatic heterocycles. The summed E-state index contributed by atoms with van der Waals surface area (Å²) in [4.78, 5) is 0. The standard InChI is InChI=1S/C7H12N4/c1-4(5-2-3-5)6-7(8)10-11-9-6/h4-5H,2-3H2,1H3,(H3,8,9,10,11). The average Bonchev–Trinajstić information content (AvgIpc) is 2.74. The minimum atomic E-state index is 0.480. The molecule has 1 aliphatic carbocycles. The van der Waals surface area contributed by atoms with Crippen LogP contribution in [0.2, 0.25) is 0 Å². The molecule has 4 heteroatoms. The second-order valence-electron chi connectivity index (χ2n) is 3.22. The van der Waals surface area contributed by atoms with E-state index in [0.717, 1.165) is 11.6 Å². The molecular formula is C7H12N4. The maximum Gasteiger partial charge on any atom is 0.169 e. The van der Waals surface area contributed by atoms with Gasteiger partial charge >= 0.3 is 0 Å². The van der Waals surface area contributed by atoms with Gasteiger partial charge in [0, 0.05) is 5.92 Å². The van der Waals surface area contributed by atoms with Gasteiger partial charge in [0.05, 0.1) is 0 Å². The third kappa shape index (κ3) is 1.08. The molecule has 0 spiro atoms. The highest BCUT2D eigenvalue weighted by molar-refractivity contribution is 5.35. The van der Waals surface area contributed by atoms with Gasteiger partial charge in [-0.1, -0.05) is 6.92 Å². The van der Waals surface area contributed by atoms with Crippen molar-refractivity contribution in [1.82, 2.24) is 15.4 Å². The summed E-state index contributed by atoms with van der Waals surface area (Å²) in [6, 6.07) is 0. The summed E-state index contributed by atoms with van der Waals surface area (Å²) in [7, 11) is 0. The van der Waals surface area contributed by atoms with E-state index in [4.69, 9.17) is 5.73 Å². The summed E-state index contributed by atoms with van der Waals surface area (Å²) in [5, 5.41) is 10.3. The molecule has 1 aliphatic rings. The summed E-state index contributed by atoms with van der Waals surface area (Å²) < 4.78 is 0. The van der Waals surface area contributed by atoms with Crippen LogP contribution in [-0.4, -0.2) is 15.4 Å². The zero-order chi connectivity index (χ0) is 7.84. The number of nitrogens with two attached hydrogens (primary N) is 1. The Bertz CT molecular complexity index is 251. The molecule has 60 valence electrons. The molecule has 0 aromatic carbocycles. The first-order chi connectivity index (χ1) is 5.29. The molecule has 4 nitrogen and oxygen atoms in total. The third-order valence-electron chi connectivity index (χ3n) is 2.36. The fraction of sp³-hybridized carbons (Fsp3) is 0.714. The van der Waals surface area contributed by atoms with Gasteiger partial charge in [-0.25, -0.2) is 0 Å². The SMILES string of the molecule is CC(c1n[nH]nc1N)C1CC1. The predicted molar refractivity (Wildman–Crippen MR) is 41.9 cm³/mol. The number of aromatic nitrogens is 3. The van der Waals surface area contributed by atoms with E-state index in [1.807, 2.05) is 0 Å². The van der Waals surface area contributed by atoms with Gasteiger partial charge in [-0.3, -0.25) is 0 Å². The molecule has 0 bridgehead atoms. The van der Waals surface area contributed by atoms with Crippen molar-refractivity contribution in [1.29, 1.82) is 0 Å². The van der Waals surface area contributed by atoms with Gasteiger partial charge in [-0.05, 0) is 18.8 Å². The van der Waals surface area contributed by atoms with E-state index < -0.39 is 0 Å². The van der Waals surface area contributed by atoms with Crippen LogP contribution in [0.15, 0.2) is 0 Å². The zero-order valence-electron chi connectivity index (χ0n) is 6.54. The lowest BCUT2D eigenvalue weighted by Crippen LogP contribution is -2.00. The van der Waals surface area contributed by atoms with Gasteiger partial charge in [-0.15, -0.1) is 5.10 Å². The van der Waals surface area contributed by atoms with E-state index in [9.17, 15) is 0 Å². The monoisotopic (exact) mass is 152 g/mol. The molecule has 1 atom stereocenters. The summed E-state index contributed by atoms with van der Waals surface area (Å²) >= 11 is 0. The van der Waals surface area contributed by atoms with Crippen molar-refractivity contribution in [3.8, 4) is 0 Å². The maximum absolute atomic E-state index is 5.60. The van der Waals surface area contributed by atoms with E-state index in [-0.39, 0.29) is 0 Å². The molecule has 1 unspecified atom stereocenters.